The van der Waals surface area contributed by atoms with Gasteiger partial charge in [0, 0.05) is 23.0 Å². The maximum atomic E-state index is 12.2. The van der Waals surface area contributed by atoms with Crippen molar-refractivity contribution in [2.75, 3.05) is 13.7 Å². The number of aryl methyl sites for hydroxylation is 2. The fraction of sp³-hybridized carbons (Fsp3) is 0.353. The first-order valence-electron chi connectivity index (χ1n) is 7.23. The number of rotatable bonds is 5. The third-order valence-corrected chi connectivity index (χ3v) is 3.60. The van der Waals surface area contributed by atoms with Gasteiger partial charge in [0.05, 0.1) is 19.4 Å². The predicted molar refractivity (Wildman–Crippen MR) is 85.8 cm³/mol. The number of aliphatic hydroxyl groups excluding tert-OH is 1. The number of nitrogens with zero attached hydrogens (tertiary/aromatic N) is 1. The molecule has 0 aliphatic heterocycles. The van der Waals surface area contributed by atoms with E-state index in [0.29, 0.717) is 11.3 Å². The number of hydrogen-bond acceptors (Lipinski definition) is 3. The number of benzene rings is 1. The van der Waals surface area contributed by atoms with Crippen LogP contribution in [-0.4, -0.2) is 35.3 Å². The molecule has 0 aliphatic rings. The van der Waals surface area contributed by atoms with Crippen molar-refractivity contribution in [1.29, 1.82) is 0 Å². The SMILES string of the molecule is COc1ccc(C(=O)NC(C)CO)cc1-n1c(C)ccc1C. The Bertz CT molecular complexity index is 657. The maximum absolute atomic E-state index is 12.2. The second-order valence-corrected chi connectivity index (χ2v) is 5.40. The first-order chi connectivity index (χ1) is 10.5. The van der Waals surface area contributed by atoms with Gasteiger partial charge in [-0.15, -0.1) is 0 Å². The Morgan fingerprint density at radius 2 is 1.91 bits per heavy atom. The van der Waals surface area contributed by atoms with Crippen molar-refractivity contribution in [1.82, 2.24) is 9.88 Å². The highest BCUT2D eigenvalue weighted by Gasteiger charge is 2.15. The molecule has 1 amide bonds. The number of carbonyl (C=O) groups is 1. The van der Waals surface area contributed by atoms with Gasteiger partial charge in [0.1, 0.15) is 5.75 Å². The summed E-state index contributed by atoms with van der Waals surface area (Å²) in [4.78, 5) is 12.2. The standard InChI is InChI=1S/C17H22N2O3/c1-11(10-20)18-17(21)14-7-8-16(22-4)15(9-14)19-12(2)5-6-13(19)3/h5-9,11,20H,10H2,1-4H3,(H,18,21). The molecule has 2 rings (SSSR count). The van der Waals surface area contributed by atoms with Gasteiger partial charge in [-0.05, 0) is 51.1 Å². The van der Waals surface area contributed by atoms with Crippen molar-refractivity contribution in [2.45, 2.75) is 26.8 Å². The first-order valence-corrected chi connectivity index (χ1v) is 7.23. The Hall–Kier alpha value is -2.27. The van der Waals surface area contributed by atoms with Crippen LogP contribution in [0.3, 0.4) is 0 Å². The average Bonchev–Trinajstić information content (AvgIpc) is 2.85. The Morgan fingerprint density at radius 3 is 2.45 bits per heavy atom. The Labute approximate surface area is 130 Å². The molecule has 5 heteroatoms. The van der Waals surface area contributed by atoms with E-state index in [0.717, 1.165) is 17.1 Å². The predicted octanol–water partition coefficient (Wildman–Crippen LogP) is 2.21. The second kappa shape index (κ2) is 6.66. The maximum Gasteiger partial charge on any atom is 0.251 e. The van der Waals surface area contributed by atoms with Crippen molar-refractivity contribution in [2.24, 2.45) is 0 Å². The van der Waals surface area contributed by atoms with Crippen molar-refractivity contribution in [3.05, 3.63) is 47.3 Å². The van der Waals surface area contributed by atoms with Crippen LogP contribution in [0.1, 0.15) is 28.7 Å². The molecule has 0 spiro atoms. The molecule has 118 valence electrons. The number of amides is 1. The van der Waals surface area contributed by atoms with Crippen LogP contribution in [0.4, 0.5) is 0 Å². The highest BCUT2D eigenvalue weighted by atomic mass is 16.5. The quantitative estimate of drug-likeness (QED) is 0.890. The minimum atomic E-state index is -0.284. The lowest BCUT2D eigenvalue weighted by molar-refractivity contribution is 0.0922. The topological polar surface area (TPSA) is 63.5 Å². The third kappa shape index (κ3) is 3.14. The Balaban J connectivity index is 2.45. The molecule has 1 aromatic carbocycles. The number of aromatic nitrogens is 1. The summed E-state index contributed by atoms with van der Waals surface area (Å²) in [6.45, 7) is 5.67. The lowest BCUT2D eigenvalue weighted by Gasteiger charge is -2.16. The van der Waals surface area contributed by atoms with Gasteiger partial charge < -0.3 is 19.7 Å². The summed E-state index contributed by atoms with van der Waals surface area (Å²) in [5, 5.41) is 11.8. The van der Waals surface area contributed by atoms with Gasteiger partial charge in [0.25, 0.3) is 5.91 Å². The van der Waals surface area contributed by atoms with Crippen molar-refractivity contribution in [3.8, 4) is 11.4 Å². The van der Waals surface area contributed by atoms with E-state index >= 15 is 0 Å². The van der Waals surface area contributed by atoms with E-state index in [4.69, 9.17) is 9.84 Å². The molecule has 2 aromatic rings. The number of carbonyl (C=O) groups excluding carboxylic acids is 1. The zero-order valence-electron chi connectivity index (χ0n) is 13.4. The molecule has 2 N–H and O–H groups in total. The minimum Gasteiger partial charge on any atom is -0.495 e. The summed E-state index contributed by atoms with van der Waals surface area (Å²) < 4.78 is 7.47. The molecule has 0 saturated carbocycles. The molecule has 0 radical (unpaired) electrons. The van der Waals surface area contributed by atoms with Gasteiger partial charge in [-0.25, -0.2) is 0 Å². The van der Waals surface area contributed by atoms with E-state index in [9.17, 15) is 4.79 Å². The molecule has 22 heavy (non-hydrogen) atoms. The van der Waals surface area contributed by atoms with Crippen LogP contribution in [0.2, 0.25) is 0 Å². The summed E-state index contributed by atoms with van der Waals surface area (Å²) in [5.74, 6) is 0.488. The van der Waals surface area contributed by atoms with Crippen molar-refractivity contribution < 1.29 is 14.6 Å². The van der Waals surface area contributed by atoms with Gasteiger partial charge in [-0.3, -0.25) is 4.79 Å². The highest BCUT2D eigenvalue weighted by Crippen LogP contribution is 2.27. The van der Waals surface area contributed by atoms with Gasteiger partial charge in [-0.1, -0.05) is 0 Å². The van der Waals surface area contributed by atoms with Gasteiger partial charge in [-0.2, -0.15) is 0 Å². The fourth-order valence-electron chi connectivity index (χ4n) is 2.41. The normalized spacial score (nSPS) is 12.0. The lowest BCUT2D eigenvalue weighted by Crippen LogP contribution is -2.35. The van der Waals surface area contributed by atoms with Gasteiger partial charge in [0.15, 0.2) is 0 Å². The van der Waals surface area contributed by atoms with Gasteiger partial charge in [0.2, 0.25) is 0 Å². The molecular weight excluding hydrogens is 280 g/mol. The summed E-state index contributed by atoms with van der Waals surface area (Å²) in [5.41, 5.74) is 3.49. The molecular formula is C17H22N2O3. The second-order valence-electron chi connectivity index (χ2n) is 5.40. The fourth-order valence-corrected chi connectivity index (χ4v) is 2.41. The lowest BCUT2D eigenvalue weighted by atomic mass is 10.1. The van der Waals surface area contributed by atoms with E-state index in [2.05, 4.69) is 5.32 Å². The van der Waals surface area contributed by atoms with E-state index in [1.165, 1.54) is 0 Å². The van der Waals surface area contributed by atoms with Crippen LogP contribution in [0.15, 0.2) is 30.3 Å². The summed E-state index contributed by atoms with van der Waals surface area (Å²) in [7, 11) is 1.61. The number of ether oxygens (including phenoxy) is 1. The third-order valence-electron chi connectivity index (χ3n) is 3.60. The zero-order valence-corrected chi connectivity index (χ0v) is 13.4. The van der Waals surface area contributed by atoms with E-state index in [1.54, 1.807) is 32.2 Å². The van der Waals surface area contributed by atoms with Crippen LogP contribution in [0.5, 0.6) is 5.75 Å². The summed E-state index contributed by atoms with van der Waals surface area (Å²) in [6.07, 6.45) is 0. The van der Waals surface area contributed by atoms with Crippen LogP contribution in [0.25, 0.3) is 5.69 Å². The molecule has 0 aliphatic carbocycles. The summed E-state index contributed by atoms with van der Waals surface area (Å²) >= 11 is 0. The molecule has 5 nitrogen and oxygen atoms in total. The van der Waals surface area contributed by atoms with Crippen LogP contribution in [0, 0.1) is 13.8 Å². The first kappa shape index (κ1) is 16.1. The Kier molecular flexibility index (Phi) is 4.88. The summed E-state index contributed by atoms with van der Waals surface area (Å²) in [6, 6.07) is 9.07. The molecule has 0 bridgehead atoms. The largest absolute Gasteiger partial charge is 0.495 e. The van der Waals surface area contributed by atoms with Crippen molar-refractivity contribution >= 4 is 5.91 Å². The molecule has 1 atom stereocenters. The average molecular weight is 302 g/mol. The van der Waals surface area contributed by atoms with Crippen LogP contribution < -0.4 is 10.1 Å². The van der Waals surface area contributed by atoms with Gasteiger partial charge >= 0.3 is 0 Å². The van der Waals surface area contributed by atoms with E-state index in [1.807, 2.05) is 30.5 Å². The van der Waals surface area contributed by atoms with Crippen LogP contribution in [-0.2, 0) is 0 Å². The number of methoxy groups -OCH3 is 1. The molecule has 1 unspecified atom stereocenters. The number of nitrogens with one attached hydrogen (secondary N) is 1. The number of aliphatic hydroxyl groups is 1. The minimum absolute atomic E-state index is 0.0927. The molecule has 1 heterocycles. The Morgan fingerprint density at radius 1 is 1.27 bits per heavy atom. The van der Waals surface area contributed by atoms with Crippen molar-refractivity contribution in [3.63, 3.8) is 0 Å². The molecule has 0 saturated heterocycles. The van der Waals surface area contributed by atoms with Crippen LogP contribution >= 0.6 is 0 Å². The zero-order chi connectivity index (χ0) is 16.3. The number of hydrogen-bond donors (Lipinski definition) is 2. The smallest absolute Gasteiger partial charge is 0.251 e. The van der Waals surface area contributed by atoms with E-state index in [-0.39, 0.29) is 18.6 Å². The molecule has 0 fully saturated rings. The monoisotopic (exact) mass is 302 g/mol. The molecule has 1 aromatic heterocycles. The van der Waals surface area contributed by atoms with E-state index < -0.39 is 0 Å². The highest BCUT2D eigenvalue weighted by molar-refractivity contribution is 5.95.